The molecule has 4 rings (SSSR count). The minimum absolute atomic E-state index is 0.0471. The molecule has 2 aliphatic rings. The summed E-state index contributed by atoms with van der Waals surface area (Å²) >= 11 is 1.53. The highest BCUT2D eigenvalue weighted by atomic mass is 32.1. The Morgan fingerprint density at radius 1 is 1.26 bits per heavy atom. The number of carbonyl (C=O) groups is 2. The average molecular weight is 482 g/mol. The van der Waals surface area contributed by atoms with Gasteiger partial charge in [-0.2, -0.15) is 5.26 Å². The van der Waals surface area contributed by atoms with Crippen LogP contribution < -0.4 is 5.32 Å². The lowest BCUT2D eigenvalue weighted by Crippen LogP contribution is -2.38. The Kier molecular flexibility index (Phi) is 7.13. The van der Waals surface area contributed by atoms with Gasteiger partial charge in [0.2, 0.25) is 5.91 Å². The third kappa shape index (κ3) is 5.20. The number of nitrogens with zero attached hydrogens (tertiary/aromatic N) is 4. The van der Waals surface area contributed by atoms with E-state index in [1.807, 2.05) is 7.05 Å². The molecule has 2 aliphatic carbocycles. The maximum atomic E-state index is 12.8. The molecule has 0 aromatic carbocycles. The molecule has 1 fully saturated rings. The summed E-state index contributed by atoms with van der Waals surface area (Å²) in [6, 6.07) is 2.58. The lowest BCUT2D eigenvalue weighted by atomic mass is 9.72. The zero-order chi connectivity index (χ0) is 24.5. The molecule has 1 saturated carbocycles. The highest BCUT2D eigenvalue weighted by Crippen LogP contribution is 2.44. The van der Waals surface area contributed by atoms with Crippen molar-refractivity contribution < 1.29 is 9.59 Å². The zero-order valence-electron chi connectivity index (χ0n) is 20.7. The Morgan fingerprint density at radius 3 is 2.68 bits per heavy atom. The quantitative estimate of drug-likeness (QED) is 0.650. The second-order valence-electron chi connectivity index (χ2n) is 10.8. The SMILES string of the molecule is CN(C(=O)c1cn(CC(=O)Nc2sc3c(c2C#N)CCC(C(C)(C)C)C3)cn1)C1CCCCC1. The van der Waals surface area contributed by atoms with Gasteiger partial charge in [-0.05, 0) is 49.0 Å². The van der Waals surface area contributed by atoms with Gasteiger partial charge in [0.25, 0.3) is 5.91 Å². The molecule has 7 nitrogen and oxygen atoms in total. The molecule has 1 unspecified atom stereocenters. The Hall–Kier alpha value is -2.66. The van der Waals surface area contributed by atoms with Crippen molar-refractivity contribution in [3.63, 3.8) is 0 Å². The highest BCUT2D eigenvalue weighted by molar-refractivity contribution is 7.16. The first-order valence-electron chi connectivity index (χ1n) is 12.3. The molecule has 0 spiro atoms. The third-order valence-corrected chi connectivity index (χ3v) is 8.65. The summed E-state index contributed by atoms with van der Waals surface area (Å²) in [5.41, 5.74) is 2.29. The van der Waals surface area contributed by atoms with E-state index < -0.39 is 0 Å². The first kappa shape index (κ1) is 24.5. The lowest BCUT2D eigenvalue weighted by Gasteiger charge is -2.33. The predicted octanol–water partition coefficient (Wildman–Crippen LogP) is 5.01. The van der Waals surface area contributed by atoms with Crippen molar-refractivity contribution in [2.24, 2.45) is 11.3 Å². The molecule has 0 radical (unpaired) electrons. The van der Waals surface area contributed by atoms with Gasteiger partial charge in [-0.15, -0.1) is 11.3 Å². The van der Waals surface area contributed by atoms with Gasteiger partial charge in [0, 0.05) is 24.2 Å². The monoisotopic (exact) mass is 481 g/mol. The first-order valence-corrected chi connectivity index (χ1v) is 13.1. The summed E-state index contributed by atoms with van der Waals surface area (Å²) in [6.07, 6.45) is 11.7. The van der Waals surface area contributed by atoms with Gasteiger partial charge >= 0.3 is 0 Å². The molecular formula is C26H35N5O2S. The smallest absolute Gasteiger partial charge is 0.274 e. The fourth-order valence-electron chi connectivity index (χ4n) is 5.24. The molecule has 8 heteroatoms. The Bertz CT molecular complexity index is 1100. The lowest BCUT2D eigenvalue weighted by molar-refractivity contribution is -0.116. The summed E-state index contributed by atoms with van der Waals surface area (Å²) < 4.78 is 1.63. The molecule has 2 aromatic rings. The van der Waals surface area contributed by atoms with Gasteiger partial charge in [-0.25, -0.2) is 4.98 Å². The van der Waals surface area contributed by atoms with Crippen LogP contribution in [0.1, 0.15) is 85.8 Å². The van der Waals surface area contributed by atoms with E-state index in [0.717, 1.165) is 50.5 Å². The van der Waals surface area contributed by atoms with Gasteiger partial charge in [0.15, 0.2) is 0 Å². The molecule has 2 aromatic heterocycles. The number of rotatable bonds is 5. The van der Waals surface area contributed by atoms with E-state index in [4.69, 9.17) is 0 Å². The van der Waals surface area contributed by atoms with Crippen LogP contribution in [0.2, 0.25) is 0 Å². The zero-order valence-corrected chi connectivity index (χ0v) is 21.5. The maximum Gasteiger partial charge on any atom is 0.274 e. The molecule has 182 valence electrons. The maximum absolute atomic E-state index is 12.8. The van der Waals surface area contributed by atoms with Crippen LogP contribution in [0, 0.1) is 22.7 Å². The Labute approximate surface area is 206 Å². The standard InChI is InChI=1S/C26H35N5O2S/c1-26(2,3)17-10-11-19-20(13-27)24(34-22(19)12-17)29-23(32)15-31-14-21(28-16-31)25(33)30(4)18-8-6-5-7-9-18/h14,16-18H,5-12,15H2,1-4H3,(H,29,32). The minimum atomic E-state index is -0.223. The van der Waals surface area contributed by atoms with Crippen LogP contribution in [0.5, 0.6) is 0 Å². The average Bonchev–Trinajstić information content (AvgIpc) is 3.41. The number of carbonyl (C=O) groups excluding carboxylic acids is 2. The van der Waals surface area contributed by atoms with Crippen molar-refractivity contribution in [3.8, 4) is 6.07 Å². The van der Waals surface area contributed by atoms with Crippen LogP contribution in [0.25, 0.3) is 0 Å². The number of amides is 2. The second kappa shape index (κ2) is 9.91. The highest BCUT2D eigenvalue weighted by Gasteiger charge is 2.32. The van der Waals surface area contributed by atoms with Crippen molar-refractivity contribution in [1.29, 1.82) is 5.26 Å². The number of thiophene rings is 1. The molecule has 1 atom stereocenters. The molecule has 1 N–H and O–H groups in total. The molecular weight excluding hydrogens is 446 g/mol. The topological polar surface area (TPSA) is 91.0 Å². The molecule has 0 bridgehead atoms. The van der Waals surface area contributed by atoms with E-state index in [1.54, 1.807) is 15.7 Å². The van der Waals surface area contributed by atoms with Crippen LogP contribution in [0.15, 0.2) is 12.5 Å². The second-order valence-corrected chi connectivity index (χ2v) is 11.9. The number of hydrogen-bond acceptors (Lipinski definition) is 5. The minimum Gasteiger partial charge on any atom is -0.337 e. The number of imidazole rings is 1. The summed E-state index contributed by atoms with van der Waals surface area (Å²) in [5.74, 6) is 0.249. The number of fused-ring (bicyclic) bond motifs is 1. The number of nitrogens with one attached hydrogen (secondary N) is 1. The largest absolute Gasteiger partial charge is 0.337 e. The number of hydrogen-bond donors (Lipinski definition) is 1. The van der Waals surface area contributed by atoms with Crippen molar-refractivity contribution in [3.05, 3.63) is 34.2 Å². The fourth-order valence-corrected chi connectivity index (χ4v) is 6.53. The Morgan fingerprint density at radius 2 is 2.00 bits per heavy atom. The van der Waals surface area contributed by atoms with E-state index in [9.17, 15) is 14.9 Å². The van der Waals surface area contributed by atoms with Gasteiger partial charge in [0.05, 0.1) is 11.9 Å². The van der Waals surface area contributed by atoms with Crippen molar-refractivity contribution >= 4 is 28.2 Å². The fraction of sp³-hybridized carbons (Fsp3) is 0.615. The number of nitriles is 1. The van der Waals surface area contributed by atoms with Crippen LogP contribution in [-0.4, -0.2) is 39.4 Å². The number of anilines is 1. The van der Waals surface area contributed by atoms with Crippen LogP contribution in [0.4, 0.5) is 5.00 Å². The number of aromatic nitrogens is 2. The Balaban J connectivity index is 1.40. The molecule has 2 heterocycles. The van der Waals surface area contributed by atoms with Crippen LogP contribution >= 0.6 is 11.3 Å². The molecule has 0 saturated heterocycles. The predicted molar refractivity (Wildman–Crippen MR) is 134 cm³/mol. The van der Waals surface area contributed by atoms with Crippen molar-refractivity contribution in [2.75, 3.05) is 12.4 Å². The molecule has 34 heavy (non-hydrogen) atoms. The summed E-state index contributed by atoms with van der Waals surface area (Å²) in [7, 11) is 1.84. The van der Waals surface area contributed by atoms with E-state index in [1.165, 1.54) is 29.0 Å². The first-order chi connectivity index (χ1) is 16.2. The van der Waals surface area contributed by atoms with Gasteiger partial charge < -0.3 is 14.8 Å². The molecule has 2 amide bonds. The normalized spacial score (nSPS) is 18.7. The summed E-state index contributed by atoms with van der Waals surface area (Å²) in [6.45, 7) is 6.84. The van der Waals surface area contributed by atoms with E-state index in [-0.39, 0.29) is 29.8 Å². The van der Waals surface area contributed by atoms with Crippen molar-refractivity contribution in [1.82, 2.24) is 14.5 Å². The van der Waals surface area contributed by atoms with Gasteiger partial charge in [0.1, 0.15) is 23.3 Å². The van der Waals surface area contributed by atoms with E-state index in [0.29, 0.717) is 22.2 Å². The van der Waals surface area contributed by atoms with E-state index >= 15 is 0 Å². The van der Waals surface area contributed by atoms with E-state index in [2.05, 4.69) is 37.1 Å². The van der Waals surface area contributed by atoms with Crippen LogP contribution in [0.3, 0.4) is 0 Å². The van der Waals surface area contributed by atoms with Gasteiger partial charge in [-0.3, -0.25) is 9.59 Å². The van der Waals surface area contributed by atoms with Crippen molar-refractivity contribution in [2.45, 2.75) is 84.7 Å². The summed E-state index contributed by atoms with van der Waals surface area (Å²) in [5, 5.41) is 13.3. The molecule has 0 aliphatic heterocycles. The van der Waals surface area contributed by atoms with Crippen LogP contribution in [-0.2, 0) is 24.2 Å². The van der Waals surface area contributed by atoms with Gasteiger partial charge in [-0.1, -0.05) is 40.0 Å². The summed E-state index contributed by atoms with van der Waals surface area (Å²) in [4.78, 5) is 32.9. The third-order valence-electron chi connectivity index (χ3n) is 7.48.